The average molecular weight is 263 g/mol. The monoisotopic (exact) mass is 263 g/mol. The van der Waals surface area contributed by atoms with Crippen molar-refractivity contribution in [2.75, 3.05) is 6.54 Å². The minimum Gasteiger partial charge on any atom is -0.367 e. The Labute approximate surface area is 116 Å². The van der Waals surface area contributed by atoms with Crippen LogP contribution in [-0.2, 0) is 4.84 Å². The summed E-state index contributed by atoms with van der Waals surface area (Å²) < 4.78 is 0. The summed E-state index contributed by atoms with van der Waals surface area (Å²) in [6, 6.07) is 9.03. The van der Waals surface area contributed by atoms with Gasteiger partial charge in [-0.05, 0) is 18.6 Å². The summed E-state index contributed by atoms with van der Waals surface area (Å²) in [4.78, 5) is 16.6. The molecule has 1 rings (SSSR count). The molecule has 0 spiro atoms. The van der Waals surface area contributed by atoms with Crippen molar-refractivity contribution in [3.8, 4) is 0 Å². The molecule has 0 atom stereocenters. The second kappa shape index (κ2) is 10.6. The SMILES string of the molecule is CCCCCCCCCNOC(=O)c1ccccc1. The van der Waals surface area contributed by atoms with Gasteiger partial charge in [-0.2, -0.15) is 5.48 Å². The Morgan fingerprint density at radius 1 is 1.00 bits per heavy atom. The van der Waals surface area contributed by atoms with Crippen molar-refractivity contribution in [1.82, 2.24) is 5.48 Å². The lowest BCUT2D eigenvalue weighted by molar-refractivity contribution is 0.0251. The van der Waals surface area contributed by atoms with Crippen LogP contribution in [0.25, 0.3) is 0 Å². The summed E-state index contributed by atoms with van der Waals surface area (Å²) in [7, 11) is 0. The maximum absolute atomic E-state index is 11.6. The third-order valence-electron chi connectivity index (χ3n) is 3.06. The van der Waals surface area contributed by atoms with E-state index in [0.717, 1.165) is 13.0 Å². The molecule has 0 aliphatic heterocycles. The van der Waals surface area contributed by atoms with Crippen LogP contribution in [0.5, 0.6) is 0 Å². The molecule has 0 fully saturated rings. The highest BCUT2D eigenvalue weighted by Gasteiger charge is 2.04. The maximum Gasteiger partial charge on any atom is 0.356 e. The maximum atomic E-state index is 11.6. The van der Waals surface area contributed by atoms with E-state index in [1.807, 2.05) is 18.2 Å². The van der Waals surface area contributed by atoms with E-state index in [0.29, 0.717) is 5.56 Å². The summed E-state index contributed by atoms with van der Waals surface area (Å²) >= 11 is 0. The quantitative estimate of drug-likeness (QED) is 0.510. The number of rotatable bonds is 10. The Hall–Kier alpha value is -1.35. The number of hydrogen-bond donors (Lipinski definition) is 1. The summed E-state index contributed by atoms with van der Waals surface area (Å²) in [5.74, 6) is -0.316. The Kier molecular flexibility index (Phi) is 8.73. The Balaban J connectivity index is 1.95. The van der Waals surface area contributed by atoms with Gasteiger partial charge < -0.3 is 4.84 Å². The van der Waals surface area contributed by atoms with Crippen LogP contribution in [0.2, 0.25) is 0 Å². The molecule has 0 aliphatic rings. The summed E-state index contributed by atoms with van der Waals surface area (Å²) in [5, 5.41) is 0. The smallest absolute Gasteiger partial charge is 0.356 e. The Bertz CT molecular complexity index is 338. The molecule has 0 heterocycles. The van der Waals surface area contributed by atoms with Crippen LogP contribution in [0.15, 0.2) is 30.3 Å². The van der Waals surface area contributed by atoms with Gasteiger partial charge in [-0.1, -0.05) is 63.6 Å². The molecule has 0 bridgehead atoms. The number of nitrogens with one attached hydrogen (secondary N) is 1. The fourth-order valence-electron chi connectivity index (χ4n) is 1.90. The second-order valence-electron chi connectivity index (χ2n) is 4.77. The Morgan fingerprint density at radius 2 is 1.63 bits per heavy atom. The van der Waals surface area contributed by atoms with Crippen LogP contribution in [0, 0.1) is 0 Å². The molecule has 1 N–H and O–H groups in total. The van der Waals surface area contributed by atoms with E-state index >= 15 is 0 Å². The summed E-state index contributed by atoms with van der Waals surface area (Å²) in [6.07, 6.45) is 8.80. The highest BCUT2D eigenvalue weighted by atomic mass is 16.7. The van der Waals surface area contributed by atoms with Gasteiger partial charge in [0.05, 0.1) is 5.56 Å². The molecule has 0 radical (unpaired) electrons. The molecule has 0 unspecified atom stereocenters. The fourth-order valence-corrected chi connectivity index (χ4v) is 1.90. The minimum absolute atomic E-state index is 0.316. The minimum atomic E-state index is -0.316. The van der Waals surface area contributed by atoms with Crippen LogP contribution >= 0.6 is 0 Å². The van der Waals surface area contributed by atoms with Crippen LogP contribution in [0.4, 0.5) is 0 Å². The standard InChI is InChI=1S/C16H25NO2/c1-2-3-4-5-6-7-11-14-17-19-16(18)15-12-9-8-10-13-15/h8-10,12-13,17H,2-7,11,14H2,1H3. The lowest BCUT2D eigenvalue weighted by Gasteiger charge is -2.05. The molecule has 0 amide bonds. The molecule has 3 heteroatoms. The van der Waals surface area contributed by atoms with E-state index in [4.69, 9.17) is 4.84 Å². The lowest BCUT2D eigenvalue weighted by Crippen LogP contribution is -2.21. The molecule has 0 saturated heterocycles. The molecule has 0 aliphatic carbocycles. The normalized spacial score (nSPS) is 10.4. The zero-order valence-corrected chi connectivity index (χ0v) is 11.9. The summed E-state index contributed by atoms with van der Waals surface area (Å²) in [5.41, 5.74) is 3.31. The number of benzene rings is 1. The van der Waals surface area contributed by atoms with Gasteiger partial charge in [0.25, 0.3) is 0 Å². The predicted molar refractivity (Wildman–Crippen MR) is 77.9 cm³/mol. The molecule has 19 heavy (non-hydrogen) atoms. The first-order valence-corrected chi connectivity index (χ1v) is 7.33. The molecule has 106 valence electrons. The molecular formula is C16H25NO2. The lowest BCUT2D eigenvalue weighted by atomic mass is 10.1. The second-order valence-corrected chi connectivity index (χ2v) is 4.77. The number of hydroxylamine groups is 1. The van der Waals surface area contributed by atoms with Gasteiger partial charge in [-0.3, -0.25) is 0 Å². The topological polar surface area (TPSA) is 38.3 Å². The average Bonchev–Trinajstić information content (AvgIpc) is 2.46. The van der Waals surface area contributed by atoms with Gasteiger partial charge in [0.15, 0.2) is 0 Å². The van der Waals surface area contributed by atoms with E-state index in [1.54, 1.807) is 12.1 Å². The van der Waals surface area contributed by atoms with Gasteiger partial charge in [0, 0.05) is 6.54 Å². The van der Waals surface area contributed by atoms with Crippen molar-refractivity contribution in [2.24, 2.45) is 0 Å². The van der Waals surface area contributed by atoms with Crippen LogP contribution in [0.1, 0.15) is 62.2 Å². The molecule has 3 nitrogen and oxygen atoms in total. The largest absolute Gasteiger partial charge is 0.367 e. The summed E-state index contributed by atoms with van der Waals surface area (Å²) in [6.45, 7) is 2.96. The third-order valence-corrected chi connectivity index (χ3v) is 3.06. The van der Waals surface area contributed by atoms with Crippen LogP contribution in [-0.4, -0.2) is 12.5 Å². The first-order valence-electron chi connectivity index (χ1n) is 7.33. The van der Waals surface area contributed by atoms with Gasteiger partial charge in [0.1, 0.15) is 0 Å². The van der Waals surface area contributed by atoms with Crippen molar-refractivity contribution >= 4 is 5.97 Å². The van der Waals surface area contributed by atoms with E-state index in [1.165, 1.54) is 38.5 Å². The van der Waals surface area contributed by atoms with E-state index in [2.05, 4.69) is 12.4 Å². The van der Waals surface area contributed by atoms with Gasteiger partial charge in [0.2, 0.25) is 0 Å². The Morgan fingerprint density at radius 3 is 2.32 bits per heavy atom. The van der Waals surface area contributed by atoms with Gasteiger partial charge in [-0.25, -0.2) is 4.79 Å². The number of unbranched alkanes of at least 4 members (excludes halogenated alkanes) is 6. The highest BCUT2D eigenvalue weighted by molar-refractivity contribution is 5.89. The molecule has 1 aromatic carbocycles. The molecule has 1 aromatic rings. The number of carbonyl (C=O) groups is 1. The first-order chi connectivity index (χ1) is 9.34. The zero-order chi connectivity index (χ0) is 13.8. The first kappa shape index (κ1) is 15.7. The van der Waals surface area contributed by atoms with Crippen LogP contribution in [0.3, 0.4) is 0 Å². The van der Waals surface area contributed by atoms with Crippen molar-refractivity contribution in [3.05, 3.63) is 35.9 Å². The van der Waals surface area contributed by atoms with Crippen molar-refractivity contribution in [3.63, 3.8) is 0 Å². The van der Waals surface area contributed by atoms with Gasteiger partial charge >= 0.3 is 5.97 Å². The van der Waals surface area contributed by atoms with Crippen molar-refractivity contribution in [2.45, 2.75) is 51.9 Å². The number of hydrogen-bond acceptors (Lipinski definition) is 3. The predicted octanol–water partition coefficient (Wildman–Crippen LogP) is 4.10. The van der Waals surface area contributed by atoms with E-state index < -0.39 is 0 Å². The highest BCUT2D eigenvalue weighted by Crippen LogP contribution is 2.06. The van der Waals surface area contributed by atoms with E-state index in [9.17, 15) is 4.79 Å². The number of carbonyl (C=O) groups excluding carboxylic acids is 1. The van der Waals surface area contributed by atoms with Crippen molar-refractivity contribution in [1.29, 1.82) is 0 Å². The fraction of sp³-hybridized carbons (Fsp3) is 0.562. The van der Waals surface area contributed by atoms with E-state index in [-0.39, 0.29) is 5.97 Å². The zero-order valence-electron chi connectivity index (χ0n) is 11.9. The third kappa shape index (κ3) is 7.62. The molecule has 0 aromatic heterocycles. The van der Waals surface area contributed by atoms with Gasteiger partial charge in [-0.15, -0.1) is 0 Å². The molecule has 0 saturated carbocycles. The molecular weight excluding hydrogens is 238 g/mol. The van der Waals surface area contributed by atoms with Crippen molar-refractivity contribution < 1.29 is 9.63 Å². The van der Waals surface area contributed by atoms with Crippen LogP contribution < -0.4 is 5.48 Å².